The van der Waals surface area contributed by atoms with Crippen LogP contribution < -0.4 is 5.32 Å². The van der Waals surface area contributed by atoms with E-state index in [4.69, 9.17) is 16.3 Å². The SMILES string of the molecule is O=C(Cc1c(F)cccc1F)NCCCOCCCl. The maximum absolute atomic E-state index is 13.3. The summed E-state index contributed by atoms with van der Waals surface area (Å²) in [6.45, 7) is 1.36. The molecule has 6 heteroatoms. The molecule has 1 aromatic carbocycles. The number of halogens is 3. The highest BCUT2D eigenvalue weighted by atomic mass is 35.5. The Balaban J connectivity index is 2.28. The van der Waals surface area contributed by atoms with Gasteiger partial charge in [-0.2, -0.15) is 0 Å². The number of rotatable bonds is 8. The number of ether oxygens (including phenoxy) is 1. The molecular formula is C13H16ClF2NO2. The molecule has 0 spiro atoms. The van der Waals surface area contributed by atoms with Gasteiger partial charge in [-0.25, -0.2) is 8.78 Å². The van der Waals surface area contributed by atoms with Crippen molar-refractivity contribution in [2.24, 2.45) is 0 Å². The molecule has 0 aliphatic rings. The molecule has 1 amide bonds. The zero-order chi connectivity index (χ0) is 14.1. The van der Waals surface area contributed by atoms with Crippen molar-refractivity contribution in [3.05, 3.63) is 35.4 Å². The third-order valence-corrected chi connectivity index (χ3v) is 2.56. The van der Waals surface area contributed by atoms with Crippen molar-refractivity contribution in [2.75, 3.05) is 25.6 Å². The first-order valence-electron chi connectivity index (χ1n) is 5.98. The van der Waals surface area contributed by atoms with E-state index in [1.807, 2.05) is 0 Å². The van der Waals surface area contributed by atoms with Crippen LogP contribution in [0.4, 0.5) is 8.78 Å². The Bertz CT molecular complexity index is 395. The highest BCUT2D eigenvalue weighted by Gasteiger charge is 2.12. The number of nitrogens with one attached hydrogen (secondary N) is 1. The number of hydrogen-bond donors (Lipinski definition) is 1. The Hall–Kier alpha value is -1.20. The molecule has 0 heterocycles. The van der Waals surface area contributed by atoms with Crippen LogP contribution in [0.3, 0.4) is 0 Å². The summed E-state index contributed by atoms with van der Waals surface area (Å²) in [4.78, 5) is 11.5. The topological polar surface area (TPSA) is 38.3 Å². The Labute approximate surface area is 115 Å². The minimum atomic E-state index is -0.708. The molecule has 3 nitrogen and oxygen atoms in total. The summed E-state index contributed by atoms with van der Waals surface area (Å²) in [5.41, 5.74) is -0.210. The molecule has 0 saturated carbocycles. The van der Waals surface area contributed by atoms with E-state index in [0.29, 0.717) is 32.1 Å². The van der Waals surface area contributed by atoms with Gasteiger partial charge in [0.05, 0.1) is 13.0 Å². The van der Waals surface area contributed by atoms with Crippen molar-refractivity contribution in [2.45, 2.75) is 12.8 Å². The number of amides is 1. The average Bonchev–Trinajstić information content (AvgIpc) is 2.38. The Morgan fingerprint density at radius 1 is 1.26 bits per heavy atom. The fourth-order valence-electron chi connectivity index (χ4n) is 1.48. The minimum Gasteiger partial charge on any atom is -0.380 e. The van der Waals surface area contributed by atoms with E-state index in [9.17, 15) is 13.6 Å². The molecule has 1 aromatic rings. The summed E-state index contributed by atoms with van der Waals surface area (Å²) in [7, 11) is 0. The smallest absolute Gasteiger partial charge is 0.224 e. The van der Waals surface area contributed by atoms with Gasteiger partial charge >= 0.3 is 0 Å². The van der Waals surface area contributed by atoms with Gasteiger partial charge in [-0.3, -0.25) is 4.79 Å². The molecule has 1 rings (SSSR count). The second-order valence-corrected chi connectivity index (χ2v) is 4.26. The minimum absolute atomic E-state index is 0.210. The first kappa shape index (κ1) is 15.9. The normalized spacial score (nSPS) is 10.5. The van der Waals surface area contributed by atoms with Gasteiger partial charge in [-0.05, 0) is 18.6 Å². The third-order valence-electron chi connectivity index (χ3n) is 2.41. The fourth-order valence-corrected chi connectivity index (χ4v) is 1.59. The molecule has 0 saturated heterocycles. The van der Waals surface area contributed by atoms with E-state index in [0.717, 1.165) is 12.1 Å². The van der Waals surface area contributed by atoms with Crippen LogP contribution in [0.5, 0.6) is 0 Å². The van der Waals surface area contributed by atoms with Gasteiger partial charge in [0.1, 0.15) is 11.6 Å². The maximum atomic E-state index is 13.3. The van der Waals surface area contributed by atoms with E-state index < -0.39 is 17.5 Å². The molecule has 1 N–H and O–H groups in total. The third kappa shape index (κ3) is 5.98. The van der Waals surface area contributed by atoms with Gasteiger partial charge in [0.15, 0.2) is 0 Å². The molecule has 0 atom stereocenters. The van der Waals surface area contributed by atoms with Gasteiger partial charge in [0.25, 0.3) is 0 Å². The fraction of sp³-hybridized carbons (Fsp3) is 0.462. The summed E-state index contributed by atoms with van der Waals surface area (Å²) in [5, 5.41) is 2.58. The van der Waals surface area contributed by atoms with Crippen LogP contribution in [0, 0.1) is 11.6 Å². The zero-order valence-electron chi connectivity index (χ0n) is 10.4. The quantitative estimate of drug-likeness (QED) is 0.589. The maximum Gasteiger partial charge on any atom is 0.224 e. The summed E-state index contributed by atoms with van der Waals surface area (Å²) in [5.74, 6) is -1.40. The Morgan fingerprint density at radius 3 is 2.58 bits per heavy atom. The second kappa shape index (κ2) is 8.82. The number of alkyl halides is 1. The second-order valence-electron chi connectivity index (χ2n) is 3.88. The summed E-state index contributed by atoms with van der Waals surface area (Å²) in [6.07, 6.45) is 0.323. The van der Waals surface area contributed by atoms with Gasteiger partial charge < -0.3 is 10.1 Å². The lowest BCUT2D eigenvalue weighted by Crippen LogP contribution is -2.27. The standard InChI is InChI=1S/C13H16ClF2NO2/c14-5-8-19-7-2-6-17-13(18)9-10-11(15)3-1-4-12(10)16/h1,3-4H,2,5-9H2,(H,17,18). The van der Waals surface area contributed by atoms with E-state index in [2.05, 4.69) is 5.32 Å². The van der Waals surface area contributed by atoms with E-state index in [1.54, 1.807) is 0 Å². The first-order valence-corrected chi connectivity index (χ1v) is 6.52. The van der Waals surface area contributed by atoms with Crippen molar-refractivity contribution in [3.63, 3.8) is 0 Å². The van der Waals surface area contributed by atoms with Crippen LogP contribution in [-0.2, 0) is 16.0 Å². The molecule has 0 unspecified atom stereocenters. The number of carbonyl (C=O) groups is 1. The summed E-state index contributed by atoms with van der Waals surface area (Å²) in [6, 6.07) is 3.53. The number of benzene rings is 1. The average molecular weight is 292 g/mol. The lowest BCUT2D eigenvalue weighted by atomic mass is 10.1. The molecular weight excluding hydrogens is 276 g/mol. The predicted molar refractivity (Wildman–Crippen MR) is 69.2 cm³/mol. The van der Waals surface area contributed by atoms with Crippen LogP contribution in [0.25, 0.3) is 0 Å². The number of hydrogen-bond acceptors (Lipinski definition) is 2. The van der Waals surface area contributed by atoms with E-state index in [1.165, 1.54) is 6.07 Å². The molecule has 0 radical (unpaired) electrons. The van der Waals surface area contributed by atoms with Crippen molar-refractivity contribution in [1.82, 2.24) is 5.32 Å². The number of carbonyl (C=O) groups excluding carboxylic acids is 1. The lowest BCUT2D eigenvalue weighted by molar-refractivity contribution is -0.120. The Kier molecular flexibility index (Phi) is 7.36. The molecule has 0 aliphatic heterocycles. The summed E-state index contributed by atoms with van der Waals surface area (Å²) < 4.78 is 31.7. The molecule has 0 fully saturated rings. The first-order chi connectivity index (χ1) is 9.15. The van der Waals surface area contributed by atoms with Crippen molar-refractivity contribution in [1.29, 1.82) is 0 Å². The molecule has 0 aliphatic carbocycles. The molecule has 106 valence electrons. The predicted octanol–water partition coefficient (Wildman–Crippen LogP) is 2.27. The van der Waals surface area contributed by atoms with Crippen LogP contribution in [-0.4, -0.2) is 31.5 Å². The molecule has 19 heavy (non-hydrogen) atoms. The Morgan fingerprint density at radius 2 is 1.95 bits per heavy atom. The van der Waals surface area contributed by atoms with Crippen LogP contribution in [0.15, 0.2) is 18.2 Å². The lowest BCUT2D eigenvalue weighted by Gasteiger charge is -2.07. The highest BCUT2D eigenvalue weighted by Crippen LogP contribution is 2.12. The molecule has 0 aromatic heterocycles. The van der Waals surface area contributed by atoms with Gasteiger partial charge in [0.2, 0.25) is 5.91 Å². The molecule has 0 bridgehead atoms. The van der Waals surface area contributed by atoms with Crippen molar-refractivity contribution in [3.8, 4) is 0 Å². The van der Waals surface area contributed by atoms with Crippen molar-refractivity contribution < 1.29 is 18.3 Å². The van der Waals surface area contributed by atoms with Gasteiger partial charge in [-0.1, -0.05) is 6.07 Å². The highest BCUT2D eigenvalue weighted by molar-refractivity contribution is 6.17. The summed E-state index contributed by atoms with van der Waals surface area (Å²) >= 11 is 5.42. The van der Waals surface area contributed by atoms with E-state index in [-0.39, 0.29) is 12.0 Å². The monoisotopic (exact) mass is 291 g/mol. The van der Waals surface area contributed by atoms with Crippen LogP contribution in [0.2, 0.25) is 0 Å². The van der Waals surface area contributed by atoms with Crippen LogP contribution >= 0.6 is 11.6 Å². The van der Waals surface area contributed by atoms with Crippen molar-refractivity contribution >= 4 is 17.5 Å². The largest absolute Gasteiger partial charge is 0.380 e. The van der Waals surface area contributed by atoms with Gasteiger partial charge in [0, 0.05) is 24.6 Å². The van der Waals surface area contributed by atoms with Crippen LogP contribution in [0.1, 0.15) is 12.0 Å². The zero-order valence-corrected chi connectivity index (χ0v) is 11.2. The van der Waals surface area contributed by atoms with Gasteiger partial charge in [-0.15, -0.1) is 11.6 Å². The van der Waals surface area contributed by atoms with E-state index >= 15 is 0 Å².